The fourth-order valence-electron chi connectivity index (χ4n) is 2.29. The van der Waals surface area contributed by atoms with Crippen LogP contribution in [0.1, 0.15) is 31.7 Å². The first kappa shape index (κ1) is 13.4. The molecule has 0 aliphatic carbocycles. The van der Waals surface area contributed by atoms with E-state index in [1.807, 2.05) is 0 Å². The number of hydrogen-bond donors (Lipinski definition) is 1. The summed E-state index contributed by atoms with van der Waals surface area (Å²) in [7, 11) is -2.80. The van der Waals surface area contributed by atoms with Crippen molar-refractivity contribution in [1.29, 1.82) is 0 Å². The van der Waals surface area contributed by atoms with Gasteiger partial charge in [-0.3, -0.25) is 0 Å². The van der Waals surface area contributed by atoms with Gasteiger partial charge in [-0.1, -0.05) is 25.5 Å². The third-order valence-electron chi connectivity index (χ3n) is 3.38. The summed E-state index contributed by atoms with van der Waals surface area (Å²) in [5.41, 5.74) is 2.37. The molecule has 4 heteroatoms. The molecule has 1 unspecified atom stereocenters. The van der Waals surface area contributed by atoms with E-state index in [9.17, 15) is 8.42 Å². The minimum absolute atomic E-state index is 0.0801. The molecule has 1 aromatic rings. The van der Waals surface area contributed by atoms with Gasteiger partial charge >= 0.3 is 0 Å². The predicted molar refractivity (Wildman–Crippen MR) is 75.7 cm³/mol. The Labute approximate surface area is 110 Å². The van der Waals surface area contributed by atoms with Crippen molar-refractivity contribution in [2.75, 3.05) is 16.8 Å². The van der Waals surface area contributed by atoms with E-state index in [1.165, 1.54) is 18.4 Å². The fraction of sp³-hybridized carbons (Fsp3) is 0.571. The number of sulfone groups is 1. The van der Waals surface area contributed by atoms with Crippen LogP contribution in [0.3, 0.4) is 0 Å². The number of nitrogens with one attached hydrogen (secondary N) is 1. The number of aryl methyl sites for hydroxylation is 1. The fourth-order valence-corrected chi connectivity index (χ4v) is 3.97. The molecule has 1 atom stereocenters. The average molecular weight is 267 g/mol. The molecule has 0 bridgehead atoms. The van der Waals surface area contributed by atoms with E-state index in [1.54, 1.807) is 0 Å². The van der Waals surface area contributed by atoms with Crippen molar-refractivity contribution in [2.45, 2.75) is 38.6 Å². The van der Waals surface area contributed by atoms with Gasteiger partial charge in [0.25, 0.3) is 0 Å². The van der Waals surface area contributed by atoms with Crippen LogP contribution in [0, 0.1) is 0 Å². The van der Waals surface area contributed by atoms with E-state index < -0.39 is 9.84 Å². The molecular weight excluding hydrogens is 246 g/mol. The molecule has 18 heavy (non-hydrogen) atoms. The highest BCUT2D eigenvalue weighted by Crippen LogP contribution is 2.18. The monoisotopic (exact) mass is 267 g/mol. The third kappa shape index (κ3) is 3.73. The van der Waals surface area contributed by atoms with Crippen molar-refractivity contribution in [3.05, 3.63) is 29.8 Å². The summed E-state index contributed by atoms with van der Waals surface area (Å²) in [5, 5.41) is 3.30. The topological polar surface area (TPSA) is 46.2 Å². The van der Waals surface area contributed by atoms with Gasteiger partial charge in [0.2, 0.25) is 0 Å². The molecule has 0 spiro atoms. The van der Waals surface area contributed by atoms with E-state index in [4.69, 9.17) is 0 Å². The second-order valence-electron chi connectivity index (χ2n) is 5.04. The minimum atomic E-state index is -2.80. The summed E-state index contributed by atoms with van der Waals surface area (Å²) >= 11 is 0. The van der Waals surface area contributed by atoms with Crippen molar-refractivity contribution < 1.29 is 8.42 Å². The van der Waals surface area contributed by atoms with Crippen molar-refractivity contribution in [3.63, 3.8) is 0 Å². The quantitative estimate of drug-likeness (QED) is 0.892. The SMILES string of the molecule is CCCCc1ccc(NC2CCS(=O)(=O)C2)cc1. The molecule has 1 fully saturated rings. The summed E-state index contributed by atoms with van der Waals surface area (Å²) in [6, 6.07) is 8.44. The maximum Gasteiger partial charge on any atom is 0.152 e. The predicted octanol–water partition coefficient (Wildman–Crippen LogP) is 2.63. The van der Waals surface area contributed by atoms with Crippen LogP contribution in [0.2, 0.25) is 0 Å². The smallest absolute Gasteiger partial charge is 0.152 e. The van der Waals surface area contributed by atoms with Gasteiger partial charge in [0.05, 0.1) is 11.5 Å². The summed E-state index contributed by atoms with van der Waals surface area (Å²) in [6.45, 7) is 2.19. The van der Waals surface area contributed by atoms with Gasteiger partial charge in [-0.05, 0) is 37.0 Å². The second-order valence-corrected chi connectivity index (χ2v) is 7.27. The molecule has 0 amide bonds. The van der Waals surface area contributed by atoms with Gasteiger partial charge < -0.3 is 5.32 Å². The molecule has 0 saturated carbocycles. The van der Waals surface area contributed by atoms with Crippen LogP contribution in [-0.4, -0.2) is 26.0 Å². The van der Waals surface area contributed by atoms with Crippen LogP contribution in [-0.2, 0) is 16.3 Å². The van der Waals surface area contributed by atoms with Gasteiger partial charge in [-0.25, -0.2) is 8.42 Å². The van der Waals surface area contributed by atoms with Gasteiger partial charge in [0.1, 0.15) is 0 Å². The Morgan fingerprint density at radius 2 is 2.00 bits per heavy atom. The molecule has 0 radical (unpaired) electrons. The molecule has 100 valence electrons. The van der Waals surface area contributed by atoms with Crippen molar-refractivity contribution in [3.8, 4) is 0 Å². The Bertz CT molecular complexity index is 479. The number of unbranched alkanes of at least 4 members (excludes halogenated alkanes) is 1. The maximum atomic E-state index is 11.4. The molecular formula is C14H21NO2S. The zero-order valence-corrected chi connectivity index (χ0v) is 11.7. The lowest BCUT2D eigenvalue weighted by molar-refractivity contribution is 0.602. The zero-order chi connectivity index (χ0) is 13.0. The molecule has 2 rings (SSSR count). The third-order valence-corrected chi connectivity index (χ3v) is 5.14. The molecule has 3 nitrogen and oxygen atoms in total. The van der Waals surface area contributed by atoms with Crippen LogP contribution in [0.15, 0.2) is 24.3 Å². The van der Waals surface area contributed by atoms with Crippen LogP contribution >= 0.6 is 0 Å². The first-order valence-corrected chi connectivity index (χ1v) is 8.47. The van der Waals surface area contributed by atoms with Gasteiger partial charge in [0.15, 0.2) is 9.84 Å². The molecule has 1 heterocycles. The largest absolute Gasteiger partial charge is 0.381 e. The average Bonchev–Trinajstić information content (AvgIpc) is 2.68. The molecule has 1 aromatic carbocycles. The van der Waals surface area contributed by atoms with Crippen LogP contribution in [0.4, 0.5) is 5.69 Å². The lowest BCUT2D eigenvalue weighted by atomic mass is 10.1. The highest BCUT2D eigenvalue weighted by Gasteiger charge is 2.27. The molecule has 1 aliphatic heterocycles. The highest BCUT2D eigenvalue weighted by molar-refractivity contribution is 7.91. The van der Waals surface area contributed by atoms with E-state index in [-0.39, 0.29) is 11.8 Å². The lowest BCUT2D eigenvalue weighted by Gasteiger charge is -2.12. The summed E-state index contributed by atoms with van der Waals surface area (Å²) < 4.78 is 22.7. The maximum absolute atomic E-state index is 11.4. The standard InChI is InChI=1S/C14H21NO2S/c1-2-3-4-12-5-7-13(8-6-12)15-14-9-10-18(16,17)11-14/h5-8,14-15H,2-4,9-11H2,1H3. The van der Waals surface area contributed by atoms with Crippen molar-refractivity contribution >= 4 is 15.5 Å². The van der Waals surface area contributed by atoms with Crippen LogP contribution in [0.5, 0.6) is 0 Å². The summed E-state index contributed by atoms with van der Waals surface area (Å²) in [6.07, 6.45) is 4.27. The Hall–Kier alpha value is -1.03. The Kier molecular flexibility index (Phi) is 4.27. The number of rotatable bonds is 5. The normalized spacial score (nSPS) is 21.9. The van der Waals surface area contributed by atoms with E-state index in [0.29, 0.717) is 5.75 Å². The van der Waals surface area contributed by atoms with Gasteiger partial charge in [0, 0.05) is 11.7 Å². The van der Waals surface area contributed by atoms with Crippen LogP contribution < -0.4 is 5.32 Å². The molecule has 1 aliphatic rings. The number of benzene rings is 1. The first-order chi connectivity index (χ1) is 8.59. The summed E-state index contributed by atoms with van der Waals surface area (Å²) in [5.74, 6) is 0.587. The van der Waals surface area contributed by atoms with E-state index in [2.05, 4.69) is 36.5 Å². The van der Waals surface area contributed by atoms with Gasteiger partial charge in [-0.2, -0.15) is 0 Å². The minimum Gasteiger partial charge on any atom is -0.381 e. The van der Waals surface area contributed by atoms with E-state index in [0.717, 1.165) is 18.5 Å². The van der Waals surface area contributed by atoms with Crippen molar-refractivity contribution in [2.24, 2.45) is 0 Å². The van der Waals surface area contributed by atoms with Crippen LogP contribution in [0.25, 0.3) is 0 Å². The Morgan fingerprint density at radius 3 is 2.56 bits per heavy atom. The highest BCUT2D eigenvalue weighted by atomic mass is 32.2. The zero-order valence-electron chi connectivity index (χ0n) is 10.9. The number of hydrogen-bond acceptors (Lipinski definition) is 3. The first-order valence-electron chi connectivity index (χ1n) is 6.65. The molecule has 1 N–H and O–H groups in total. The Morgan fingerprint density at radius 1 is 1.28 bits per heavy atom. The lowest BCUT2D eigenvalue weighted by Crippen LogP contribution is -2.20. The molecule has 0 aromatic heterocycles. The summed E-state index contributed by atoms with van der Waals surface area (Å²) in [4.78, 5) is 0. The number of anilines is 1. The molecule has 1 saturated heterocycles. The second kappa shape index (κ2) is 5.74. The van der Waals surface area contributed by atoms with Crippen molar-refractivity contribution in [1.82, 2.24) is 0 Å². The Balaban J connectivity index is 1.90. The van der Waals surface area contributed by atoms with Gasteiger partial charge in [-0.15, -0.1) is 0 Å². The van der Waals surface area contributed by atoms with E-state index >= 15 is 0 Å².